The van der Waals surface area contributed by atoms with Gasteiger partial charge in [-0.1, -0.05) is 11.6 Å². The highest BCUT2D eigenvalue weighted by Gasteiger charge is 2.32. The lowest BCUT2D eigenvalue weighted by Crippen LogP contribution is -2.41. The molecule has 0 aliphatic carbocycles. The molecule has 1 aliphatic heterocycles. The van der Waals surface area contributed by atoms with Gasteiger partial charge in [0.1, 0.15) is 11.5 Å². The van der Waals surface area contributed by atoms with Gasteiger partial charge in [-0.3, -0.25) is 4.79 Å². The van der Waals surface area contributed by atoms with Gasteiger partial charge in [0.05, 0.1) is 23.1 Å². The van der Waals surface area contributed by atoms with E-state index in [1.54, 1.807) is 30.3 Å². The van der Waals surface area contributed by atoms with Crippen molar-refractivity contribution in [3.05, 3.63) is 47.5 Å². The van der Waals surface area contributed by atoms with Crippen LogP contribution in [0.5, 0.6) is 11.5 Å². The van der Waals surface area contributed by atoms with Gasteiger partial charge >= 0.3 is 0 Å². The van der Waals surface area contributed by atoms with Crippen molar-refractivity contribution >= 4 is 33.2 Å². The van der Waals surface area contributed by atoms with Crippen molar-refractivity contribution in [3.63, 3.8) is 0 Å². The molecule has 1 heterocycles. The van der Waals surface area contributed by atoms with Crippen LogP contribution in [0.2, 0.25) is 5.02 Å². The Morgan fingerprint density at radius 2 is 1.71 bits per heavy atom. The minimum Gasteiger partial charge on any atom is -0.494 e. The summed E-state index contributed by atoms with van der Waals surface area (Å²) in [5, 5.41) is 3.16. The summed E-state index contributed by atoms with van der Waals surface area (Å²) >= 11 is 6.15. The molecule has 168 valence electrons. The molecule has 0 unspecified atom stereocenters. The number of amides is 1. The Kier molecular flexibility index (Phi) is 7.80. The Balaban J connectivity index is 1.59. The van der Waals surface area contributed by atoms with E-state index in [1.807, 2.05) is 13.8 Å². The fraction of sp³-hybridized carbons (Fsp3) is 0.409. The summed E-state index contributed by atoms with van der Waals surface area (Å²) in [7, 11) is -3.69. The van der Waals surface area contributed by atoms with E-state index in [9.17, 15) is 13.2 Å². The van der Waals surface area contributed by atoms with Gasteiger partial charge in [-0.05, 0) is 69.2 Å². The third-order valence-corrected chi connectivity index (χ3v) is 7.29. The predicted octanol–water partition coefficient (Wildman–Crippen LogP) is 4.18. The molecule has 3 rings (SSSR count). The quantitative estimate of drug-likeness (QED) is 0.630. The third-order valence-electron chi connectivity index (χ3n) is 5.10. The number of carbonyl (C=O) groups excluding carboxylic acids is 1. The number of ether oxygens (including phenoxy) is 2. The molecule has 1 N–H and O–H groups in total. The first-order valence-electron chi connectivity index (χ1n) is 10.3. The second kappa shape index (κ2) is 10.3. The van der Waals surface area contributed by atoms with E-state index in [0.29, 0.717) is 37.5 Å². The number of nitrogens with zero attached hydrogens (tertiary/aromatic N) is 1. The molecule has 2 aromatic rings. The predicted molar refractivity (Wildman–Crippen MR) is 120 cm³/mol. The van der Waals surface area contributed by atoms with Gasteiger partial charge < -0.3 is 14.8 Å². The van der Waals surface area contributed by atoms with Gasteiger partial charge in [-0.15, -0.1) is 0 Å². The number of halogens is 1. The van der Waals surface area contributed by atoms with Crippen LogP contribution in [-0.4, -0.2) is 44.9 Å². The first-order valence-corrected chi connectivity index (χ1v) is 12.1. The average molecular weight is 467 g/mol. The van der Waals surface area contributed by atoms with Gasteiger partial charge in [0.2, 0.25) is 15.9 Å². The van der Waals surface area contributed by atoms with Crippen LogP contribution in [0.4, 0.5) is 5.69 Å². The molecule has 31 heavy (non-hydrogen) atoms. The molecule has 0 spiro atoms. The zero-order valence-electron chi connectivity index (χ0n) is 17.6. The Bertz CT molecular complexity index is 1000. The lowest BCUT2D eigenvalue weighted by atomic mass is 9.97. The summed E-state index contributed by atoms with van der Waals surface area (Å²) in [4.78, 5) is 12.7. The smallest absolute Gasteiger partial charge is 0.243 e. The molecule has 7 nitrogen and oxygen atoms in total. The Morgan fingerprint density at radius 3 is 2.29 bits per heavy atom. The zero-order valence-corrected chi connectivity index (χ0v) is 19.2. The second-order valence-electron chi connectivity index (χ2n) is 7.15. The molecule has 1 amide bonds. The van der Waals surface area contributed by atoms with Crippen LogP contribution in [-0.2, 0) is 14.8 Å². The summed E-state index contributed by atoms with van der Waals surface area (Å²) in [6.07, 6.45) is 0.902. The van der Waals surface area contributed by atoms with E-state index in [4.69, 9.17) is 21.1 Å². The minimum absolute atomic E-state index is 0.106. The van der Waals surface area contributed by atoms with Gasteiger partial charge in [0, 0.05) is 24.7 Å². The lowest BCUT2D eigenvalue weighted by Gasteiger charge is -2.30. The van der Waals surface area contributed by atoms with Crippen LogP contribution in [0.3, 0.4) is 0 Å². The fourth-order valence-electron chi connectivity index (χ4n) is 3.47. The van der Waals surface area contributed by atoms with Gasteiger partial charge in [0.25, 0.3) is 0 Å². The number of carbonyl (C=O) groups is 1. The summed E-state index contributed by atoms with van der Waals surface area (Å²) in [6.45, 7) is 5.31. The van der Waals surface area contributed by atoms with Crippen molar-refractivity contribution < 1.29 is 22.7 Å². The number of rotatable bonds is 8. The molecular formula is C22H27ClN2O5S. The number of anilines is 1. The summed E-state index contributed by atoms with van der Waals surface area (Å²) in [5.41, 5.74) is 0.688. The minimum atomic E-state index is -3.69. The third kappa shape index (κ3) is 5.70. The van der Waals surface area contributed by atoms with Crippen molar-refractivity contribution in [2.45, 2.75) is 31.6 Å². The van der Waals surface area contributed by atoms with E-state index < -0.39 is 10.0 Å². The maximum Gasteiger partial charge on any atom is 0.243 e. The molecule has 2 aromatic carbocycles. The number of nitrogens with one attached hydrogen (secondary N) is 1. The molecule has 0 bridgehead atoms. The van der Waals surface area contributed by atoms with Crippen LogP contribution in [0.25, 0.3) is 0 Å². The highest BCUT2D eigenvalue weighted by Crippen LogP contribution is 2.30. The topological polar surface area (TPSA) is 84.9 Å². The van der Waals surface area contributed by atoms with Crippen LogP contribution in [0.1, 0.15) is 26.7 Å². The number of sulfonamides is 1. The number of hydrogen-bond donors (Lipinski definition) is 1. The fourth-order valence-corrected chi connectivity index (χ4v) is 5.26. The standard InChI is InChI=1S/C22H27ClN2O5S/c1-3-29-18-7-5-17(6-8-18)24-22(26)16-11-13-25(14-12-16)31(27,28)19-9-10-21(30-4-2)20(23)15-19/h5-10,15-16H,3-4,11-14H2,1-2H3,(H,24,26). The first kappa shape index (κ1) is 23.4. The molecule has 1 fully saturated rings. The van der Waals surface area contributed by atoms with Crippen LogP contribution in [0, 0.1) is 5.92 Å². The molecule has 9 heteroatoms. The summed E-state index contributed by atoms with van der Waals surface area (Å²) in [5.74, 6) is 0.841. The van der Waals surface area contributed by atoms with Crippen LogP contribution < -0.4 is 14.8 Å². The average Bonchev–Trinajstić information content (AvgIpc) is 2.77. The van der Waals surface area contributed by atoms with E-state index in [1.165, 1.54) is 16.4 Å². The van der Waals surface area contributed by atoms with Crippen molar-refractivity contribution in [1.82, 2.24) is 4.31 Å². The van der Waals surface area contributed by atoms with E-state index >= 15 is 0 Å². The SMILES string of the molecule is CCOc1ccc(NC(=O)C2CCN(S(=O)(=O)c3ccc(OCC)c(Cl)c3)CC2)cc1. The largest absolute Gasteiger partial charge is 0.494 e. The molecule has 0 saturated carbocycles. The monoisotopic (exact) mass is 466 g/mol. The lowest BCUT2D eigenvalue weighted by molar-refractivity contribution is -0.120. The number of benzene rings is 2. The normalized spacial score (nSPS) is 15.5. The van der Waals surface area contributed by atoms with Gasteiger partial charge in [-0.2, -0.15) is 4.31 Å². The first-order chi connectivity index (χ1) is 14.8. The van der Waals surface area contributed by atoms with Crippen molar-refractivity contribution in [2.75, 3.05) is 31.6 Å². The van der Waals surface area contributed by atoms with E-state index in [2.05, 4.69) is 5.32 Å². The molecule has 0 atom stereocenters. The molecule has 1 saturated heterocycles. The van der Waals surface area contributed by atoms with Crippen molar-refractivity contribution in [1.29, 1.82) is 0 Å². The van der Waals surface area contributed by atoms with Gasteiger partial charge in [0.15, 0.2) is 0 Å². The maximum atomic E-state index is 13.0. The maximum absolute atomic E-state index is 13.0. The van der Waals surface area contributed by atoms with Crippen LogP contribution in [0.15, 0.2) is 47.4 Å². The summed E-state index contributed by atoms with van der Waals surface area (Å²) < 4.78 is 38.1. The summed E-state index contributed by atoms with van der Waals surface area (Å²) in [6, 6.07) is 11.7. The molecule has 1 aliphatic rings. The highest BCUT2D eigenvalue weighted by atomic mass is 35.5. The zero-order chi connectivity index (χ0) is 22.4. The van der Waals surface area contributed by atoms with Crippen molar-refractivity contribution in [2.24, 2.45) is 5.92 Å². The Labute approximate surface area is 188 Å². The van der Waals surface area contributed by atoms with Gasteiger partial charge in [-0.25, -0.2) is 8.42 Å². The van der Waals surface area contributed by atoms with Crippen molar-refractivity contribution in [3.8, 4) is 11.5 Å². The van der Waals surface area contributed by atoms with E-state index in [-0.39, 0.29) is 34.8 Å². The highest BCUT2D eigenvalue weighted by molar-refractivity contribution is 7.89. The molecule has 0 aromatic heterocycles. The second-order valence-corrected chi connectivity index (χ2v) is 9.50. The molecule has 0 radical (unpaired) electrons. The van der Waals surface area contributed by atoms with Crippen LogP contribution >= 0.6 is 11.6 Å². The number of piperidine rings is 1. The number of hydrogen-bond acceptors (Lipinski definition) is 5. The van der Waals surface area contributed by atoms with E-state index in [0.717, 1.165) is 5.75 Å². The Hall–Kier alpha value is -2.29. The Morgan fingerprint density at radius 1 is 1.06 bits per heavy atom. The molecular weight excluding hydrogens is 440 g/mol.